The Kier molecular flexibility index (Phi) is 4.98. The second-order valence-electron chi connectivity index (χ2n) is 10.6. The number of anilines is 3. The van der Waals surface area contributed by atoms with Crippen molar-refractivity contribution in [1.82, 2.24) is 19.9 Å². The average molecular weight is 458 g/mol. The van der Waals surface area contributed by atoms with Gasteiger partial charge < -0.3 is 14.7 Å². The molecule has 1 spiro atoms. The van der Waals surface area contributed by atoms with Crippen LogP contribution in [0.15, 0.2) is 24.7 Å². The minimum absolute atomic E-state index is 0.0259. The number of hydrogen-bond acceptors (Lipinski definition) is 7. The third-order valence-corrected chi connectivity index (χ3v) is 8.51. The van der Waals surface area contributed by atoms with E-state index in [1.165, 1.54) is 18.4 Å². The first-order chi connectivity index (χ1) is 16.5. The number of pyridine rings is 1. The molecule has 0 radical (unpaired) electrons. The normalized spacial score (nSPS) is 25.5. The van der Waals surface area contributed by atoms with Crippen molar-refractivity contribution in [2.45, 2.75) is 69.9 Å². The van der Waals surface area contributed by atoms with Gasteiger partial charge in [0.05, 0.1) is 11.6 Å². The molecule has 8 heteroatoms. The van der Waals surface area contributed by atoms with Gasteiger partial charge in [-0.15, -0.1) is 0 Å². The lowest BCUT2D eigenvalue weighted by Gasteiger charge is -2.48. The van der Waals surface area contributed by atoms with Crippen molar-refractivity contribution in [3.63, 3.8) is 0 Å². The summed E-state index contributed by atoms with van der Waals surface area (Å²) in [5.74, 6) is 3.26. The number of fused-ring (bicyclic) bond motifs is 2. The summed E-state index contributed by atoms with van der Waals surface area (Å²) >= 11 is 0. The second kappa shape index (κ2) is 7.93. The lowest BCUT2D eigenvalue weighted by Crippen LogP contribution is -2.60. The van der Waals surface area contributed by atoms with E-state index in [1.807, 2.05) is 6.07 Å². The maximum Gasteiger partial charge on any atom is 0.226 e. The highest BCUT2D eigenvalue weighted by atomic mass is 16.2. The van der Waals surface area contributed by atoms with Gasteiger partial charge in [0.2, 0.25) is 5.91 Å². The third kappa shape index (κ3) is 3.17. The molecule has 2 aromatic heterocycles. The molecule has 4 heterocycles. The molecule has 2 unspecified atom stereocenters. The minimum Gasteiger partial charge on any atom is -0.350 e. The molecule has 1 amide bonds. The molecule has 2 atom stereocenters. The van der Waals surface area contributed by atoms with Crippen molar-refractivity contribution in [2.24, 2.45) is 5.92 Å². The Morgan fingerprint density at radius 3 is 2.56 bits per heavy atom. The predicted molar refractivity (Wildman–Crippen MR) is 129 cm³/mol. The minimum atomic E-state index is 0.0259. The molecule has 2 aliphatic carbocycles. The fraction of sp³-hybridized carbons (Fsp3) is 0.577. The van der Waals surface area contributed by atoms with Crippen molar-refractivity contribution in [1.29, 1.82) is 5.26 Å². The topological polar surface area (TPSA) is 89.2 Å². The summed E-state index contributed by atoms with van der Waals surface area (Å²) in [6.07, 6.45) is 10.0. The number of hydrogen-bond donors (Lipinski definition) is 0. The lowest BCUT2D eigenvalue weighted by atomic mass is 9.66. The smallest absolute Gasteiger partial charge is 0.226 e. The van der Waals surface area contributed by atoms with Crippen LogP contribution in [0, 0.1) is 17.2 Å². The number of carbonyl (C=O) groups is 1. The highest BCUT2D eigenvalue weighted by molar-refractivity contribution is 5.81. The summed E-state index contributed by atoms with van der Waals surface area (Å²) in [5, 5.41) is 9.39. The summed E-state index contributed by atoms with van der Waals surface area (Å²) in [7, 11) is 0. The standard InChI is InChI=1S/C26H31N7O/c1-17-14-32(25(34)20-5-3-6-20)18(2)13-31(17)23-22-24(30-16-29-23)33(15-26(22)8-4-9-26)21-11-19(12-27)7-10-28-21/h7,10-11,16-18,20H,3-6,8-9,13-15H2,1-2H3. The van der Waals surface area contributed by atoms with Crippen LogP contribution >= 0.6 is 0 Å². The zero-order chi connectivity index (χ0) is 23.4. The number of aromatic nitrogens is 3. The van der Waals surface area contributed by atoms with Crippen molar-refractivity contribution in [2.75, 3.05) is 29.4 Å². The molecular weight excluding hydrogens is 426 g/mol. The van der Waals surface area contributed by atoms with Crippen molar-refractivity contribution >= 4 is 23.4 Å². The van der Waals surface area contributed by atoms with Crippen molar-refractivity contribution < 1.29 is 4.79 Å². The Bertz CT molecular complexity index is 1170. The maximum atomic E-state index is 13.0. The van der Waals surface area contributed by atoms with Crippen LogP contribution in [-0.4, -0.2) is 57.5 Å². The van der Waals surface area contributed by atoms with Gasteiger partial charge in [-0.3, -0.25) is 4.79 Å². The van der Waals surface area contributed by atoms with E-state index in [0.717, 1.165) is 62.8 Å². The van der Waals surface area contributed by atoms with E-state index >= 15 is 0 Å². The van der Waals surface area contributed by atoms with Crippen LogP contribution in [0.5, 0.6) is 0 Å². The van der Waals surface area contributed by atoms with Gasteiger partial charge in [0.15, 0.2) is 0 Å². The summed E-state index contributed by atoms with van der Waals surface area (Å²) < 4.78 is 0. The highest BCUT2D eigenvalue weighted by Gasteiger charge is 2.52. The molecule has 0 aromatic carbocycles. The number of rotatable bonds is 3. The fourth-order valence-corrected chi connectivity index (χ4v) is 6.18. The Labute approximate surface area is 200 Å². The highest BCUT2D eigenvalue weighted by Crippen LogP contribution is 2.56. The second-order valence-corrected chi connectivity index (χ2v) is 10.6. The summed E-state index contributed by atoms with van der Waals surface area (Å²) in [5.41, 5.74) is 1.85. The molecule has 8 nitrogen and oxygen atoms in total. The van der Waals surface area contributed by atoms with Gasteiger partial charge in [-0.05, 0) is 51.7 Å². The zero-order valence-corrected chi connectivity index (χ0v) is 19.9. The lowest BCUT2D eigenvalue weighted by molar-refractivity contribution is -0.141. The average Bonchev–Trinajstić information content (AvgIpc) is 3.16. The van der Waals surface area contributed by atoms with Gasteiger partial charge >= 0.3 is 0 Å². The van der Waals surface area contributed by atoms with Crippen LogP contribution in [0.4, 0.5) is 17.5 Å². The number of nitriles is 1. The van der Waals surface area contributed by atoms with Crippen LogP contribution in [0.1, 0.15) is 63.5 Å². The number of amides is 1. The SMILES string of the molecule is CC1CN(c2ncnc3c2C2(CCC2)CN3c2cc(C#N)ccn2)C(C)CN1C(=O)C1CCC1. The molecular formula is C26H31N7O. The van der Waals surface area contributed by atoms with E-state index in [1.54, 1.807) is 18.6 Å². The molecule has 2 saturated carbocycles. The quantitative estimate of drug-likeness (QED) is 0.696. The van der Waals surface area contributed by atoms with Crippen LogP contribution in [0.3, 0.4) is 0 Å². The van der Waals surface area contributed by atoms with E-state index in [4.69, 9.17) is 9.97 Å². The summed E-state index contributed by atoms with van der Waals surface area (Å²) in [6.45, 7) is 6.71. The molecule has 2 aromatic rings. The van der Waals surface area contributed by atoms with E-state index in [2.05, 4.69) is 39.6 Å². The molecule has 176 valence electrons. The van der Waals surface area contributed by atoms with E-state index in [9.17, 15) is 10.1 Å². The van der Waals surface area contributed by atoms with Gasteiger partial charge in [0.1, 0.15) is 23.8 Å². The van der Waals surface area contributed by atoms with Crippen LogP contribution < -0.4 is 9.80 Å². The molecule has 4 aliphatic rings. The van der Waals surface area contributed by atoms with Gasteiger partial charge in [0, 0.05) is 54.8 Å². The molecule has 2 aliphatic heterocycles. The monoisotopic (exact) mass is 457 g/mol. The molecule has 1 saturated heterocycles. The number of piperazine rings is 1. The van der Waals surface area contributed by atoms with E-state index in [-0.39, 0.29) is 23.4 Å². The Morgan fingerprint density at radius 2 is 1.88 bits per heavy atom. The van der Waals surface area contributed by atoms with Crippen LogP contribution in [0.2, 0.25) is 0 Å². The summed E-state index contributed by atoms with van der Waals surface area (Å²) in [6, 6.07) is 6.14. The largest absolute Gasteiger partial charge is 0.350 e. The third-order valence-electron chi connectivity index (χ3n) is 8.51. The first kappa shape index (κ1) is 21.3. The Hall–Kier alpha value is -3.21. The predicted octanol–water partition coefficient (Wildman–Crippen LogP) is 3.54. The van der Waals surface area contributed by atoms with E-state index < -0.39 is 0 Å². The molecule has 6 rings (SSSR count). The molecule has 0 bridgehead atoms. The first-order valence-electron chi connectivity index (χ1n) is 12.6. The molecule has 3 fully saturated rings. The fourth-order valence-electron chi connectivity index (χ4n) is 6.18. The zero-order valence-electron chi connectivity index (χ0n) is 19.9. The van der Waals surface area contributed by atoms with Gasteiger partial charge in [-0.1, -0.05) is 12.8 Å². The summed E-state index contributed by atoms with van der Waals surface area (Å²) in [4.78, 5) is 33.9. The maximum absolute atomic E-state index is 13.0. The van der Waals surface area contributed by atoms with Gasteiger partial charge in [-0.25, -0.2) is 15.0 Å². The van der Waals surface area contributed by atoms with Crippen molar-refractivity contribution in [3.8, 4) is 6.07 Å². The van der Waals surface area contributed by atoms with E-state index in [0.29, 0.717) is 11.5 Å². The number of carbonyl (C=O) groups excluding carboxylic acids is 1. The van der Waals surface area contributed by atoms with Gasteiger partial charge in [-0.2, -0.15) is 5.26 Å². The Morgan fingerprint density at radius 1 is 1.09 bits per heavy atom. The molecule has 0 N–H and O–H groups in total. The van der Waals surface area contributed by atoms with Crippen molar-refractivity contribution in [3.05, 3.63) is 35.8 Å². The van der Waals surface area contributed by atoms with Gasteiger partial charge in [0.25, 0.3) is 0 Å². The number of nitrogens with zero attached hydrogens (tertiary/aromatic N) is 7. The van der Waals surface area contributed by atoms with Crippen LogP contribution in [-0.2, 0) is 10.2 Å². The van der Waals surface area contributed by atoms with Crippen LogP contribution in [0.25, 0.3) is 0 Å². The Balaban J connectivity index is 1.35. The first-order valence-corrected chi connectivity index (χ1v) is 12.6. The molecule has 34 heavy (non-hydrogen) atoms.